The summed E-state index contributed by atoms with van der Waals surface area (Å²) in [4.78, 5) is 4.34. The first kappa shape index (κ1) is 24.0. The van der Waals surface area contributed by atoms with E-state index in [-0.39, 0.29) is 22.7 Å². The molecule has 0 spiro atoms. The van der Waals surface area contributed by atoms with Crippen LogP contribution in [-0.2, 0) is 16.6 Å². The minimum Gasteiger partial charge on any atom is -0.506 e. The Hall–Kier alpha value is -4.36. The third kappa shape index (κ3) is 4.05. The standard InChI is InChI=1S/C31H27N3O3S/c1-22-13-15-23(16-14-22)34(38(36,37)30-18-17-29(35)31-26(30)10-6-19-32-31)21-7-20-33-27-11-4-2-8-24(27)25-9-3-5-12-28(25)33/h2-6,8-19,35H,7,20-21H2,1H3. The molecular weight excluding hydrogens is 494 g/mol. The molecule has 0 bridgehead atoms. The molecule has 6 rings (SSSR count). The van der Waals surface area contributed by atoms with Crippen molar-refractivity contribution in [3.63, 3.8) is 0 Å². The van der Waals surface area contributed by atoms with E-state index in [0.29, 0.717) is 24.0 Å². The fourth-order valence-corrected chi connectivity index (χ4v) is 6.88. The van der Waals surface area contributed by atoms with Crippen molar-refractivity contribution in [3.8, 4) is 5.75 Å². The van der Waals surface area contributed by atoms with Gasteiger partial charge in [0.05, 0.1) is 10.6 Å². The predicted molar refractivity (Wildman–Crippen MR) is 153 cm³/mol. The second-order valence-corrected chi connectivity index (χ2v) is 11.3. The van der Waals surface area contributed by atoms with Crippen LogP contribution in [0.2, 0.25) is 0 Å². The van der Waals surface area contributed by atoms with Crippen LogP contribution >= 0.6 is 0 Å². The molecule has 1 N–H and O–H groups in total. The van der Waals surface area contributed by atoms with Crippen LogP contribution < -0.4 is 4.31 Å². The molecule has 4 aromatic carbocycles. The zero-order valence-corrected chi connectivity index (χ0v) is 21.8. The molecular formula is C31H27N3O3S. The lowest BCUT2D eigenvalue weighted by atomic mass is 10.2. The van der Waals surface area contributed by atoms with Crippen molar-refractivity contribution in [1.29, 1.82) is 0 Å². The van der Waals surface area contributed by atoms with Gasteiger partial charge in [0.1, 0.15) is 11.3 Å². The van der Waals surface area contributed by atoms with Gasteiger partial charge >= 0.3 is 0 Å². The van der Waals surface area contributed by atoms with Gasteiger partial charge in [0.15, 0.2) is 0 Å². The Kier molecular flexibility index (Phi) is 6.00. The van der Waals surface area contributed by atoms with E-state index in [9.17, 15) is 13.5 Å². The maximum atomic E-state index is 14.2. The number of benzene rings is 4. The molecule has 38 heavy (non-hydrogen) atoms. The van der Waals surface area contributed by atoms with Crippen molar-refractivity contribution in [2.75, 3.05) is 10.8 Å². The summed E-state index contributed by atoms with van der Waals surface area (Å²) in [7, 11) is -3.96. The lowest BCUT2D eigenvalue weighted by Gasteiger charge is -2.26. The number of phenolic OH excluding ortho intramolecular Hbond substituents is 1. The van der Waals surface area contributed by atoms with E-state index in [1.807, 2.05) is 55.5 Å². The van der Waals surface area contributed by atoms with Crippen molar-refractivity contribution >= 4 is 48.4 Å². The zero-order chi connectivity index (χ0) is 26.3. The number of nitrogens with zero attached hydrogens (tertiary/aromatic N) is 3. The highest BCUT2D eigenvalue weighted by Crippen LogP contribution is 2.33. The third-order valence-corrected chi connectivity index (χ3v) is 8.91. The maximum Gasteiger partial charge on any atom is 0.265 e. The average molecular weight is 522 g/mol. The molecule has 0 saturated heterocycles. The summed E-state index contributed by atoms with van der Waals surface area (Å²) in [6.45, 7) is 2.92. The molecule has 6 aromatic rings. The predicted octanol–water partition coefficient (Wildman–Crippen LogP) is 6.64. The van der Waals surface area contributed by atoms with Gasteiger partial charge in [-0.05, 0) is 61.9 Å². The van der Waals surface area contributed by atoms with E-state index in [4.69, 9.17) is 0 Å². The van der Waals surface area contributed by atoms with E-state index in [2.05, 4.69) is 33.8 Å². The fraction of sp³-hybridized carbons (Fsp3) is 0.129. The molecule has 0 aliphatic rings. The van der Waals surface area contributed by atoms with Crippen molar-refractivity contribution in [1.82, 2.24) is 9.55 Å². The number of aryl methyl sites for hydroxylation is 2. The Labute approximate surface area is 221 Å². The molecule has 0 amide bonds. The topological polar surface area (TPSA) is 75.4 Å². The summed E-state index contributed by atoms with van der Waals surface area (Å²) < 4.78 is 32.1. The van der Waals surface area contributed by atoms with Gasteiger partial charge in [0.25, 0.3) is 10.0 Å². The van der Waals surface area contributed by atoms with Crippen molar-refractivity contribution < 1.29 is 13.5 Å². The monoisotopic (exact) mass is 521 g/mol. The Morgan fingerprint density at radius 3 is 2.11 bits per heavy atom. The van der Waals surface area contributed by atoms with Gasteiger partial charge in [-0.15, -0.1) is 0 Å². The van der Waals surface area contributed by atoms with Crippen LogP contribution in [0.25, 0.3) is 32.7 Å². The van der Waals surface area contributed by atoms with Gasteiger partial charge in [-0.25, -0.2) is 8.42 Å². The molecule has 190 valence electrons. The minimum absolute atomic E-state index is 0.0483. The van der Waals surface area contributed by atoms with E-state index in [0.717, 1.165) is 16.6 Å². The van der Waals surface area contributed by atoms with Crippen LogP contribution in [0.15, 0.2) is 108 Å². The van der Waals surface area contributed by atoms with Gasteiger partial charge in [0.2, 0.25) is 0 Å². The third-order valence-electron chi connectivity index (χ3n) is 7.02. The number of para-hydroxylation sites is 2. The van der Waals surface area contributed by atoms with Crippen molar-refractivity contribution in [3.05, 3.63) is 109 Å². The highest BCUT2D eigenvalue weighted by atomic mass is 32.2. The van der Waals surface area contributed by atoms with Gasteiger partial charge in [-0.1, -0.05) is 54.1 Å². The van der Waals surface area contributed by atoms with Gasteiger partial charge in [0, 0.05) is 46.5 Å². The number of anilines is 1. The Bertz CT molecular complexity index is 1840. The molecule has 0 radical (unpaired) electrons. The Morgan fingerprint density at radius 2 is 1.42 bits per heavy atom. The quantitative estimate of drug-likeness (QED) is 0.255. The SMILES string of the molecule is Cc1ccc(N(CCCn2c3ccccc3c3ccccc32)S(=O)(=O)c2ccc(O)c3ncccc23)cc1. The molecule has 0 saturated carbocycles. The second-order valence-electron chi connectivity index (χ2n) is 9.43. The first-order chi connectivity index (χ1) is 18.4. The number of sulfonamides is 1. The zero-order valence-electron chi connectivity index (χ0n) is 20.9. The number of aromatic hydroxyl groups is 1. The summed E-state index contributed by atoms with van der Waals surface area (Å²) in [6.07, 6.45) is 2.14. The van der Waals surface area contributed by atoms with Crippen LogP contribution in [0.5, 0.6) is 5.75 Å². The first-order valence-corrected chi connectivity index (χ1v) is 14.0. The molecule has 0 fully saturated rings. The lowest BCUT2D eigenvalue weighted by Crippen LogP contribution is -2.32. The van der Waals surface area contributed by atoms with E-state index < -0.39 is 10.0 Å². The fourth-order valence-electron chi connectivity index (χ4n) is 5.19. The number of hydrogen-bond donors (Lipinski definition) is 1. The normalized spacial score (nSPS) is 11.9. The summed E-state index contributed by atoms with van der Waals surface area (Å²) in [5.74, 6) is -0.0483. The Balaban J connectivity index is 1.39. The summed E-state index contributed by atoms with van der Waals surface area (Å²) >= 11 is 0. The molecule has 0 aliphatic carbocycles. The van der Waals surface area contributed by atoms with Gasteiger partial charge in [-0.3, -0.25) is 9.29 Å². The number of rotatable bonds is 7. The van der Waals surface area contributed by atoms with E-state index in [1.165, 1.54) is 27.2 Å². The number of aromatic nitrogens is 2. The highest BCUT2D eigenvalue weighted by Gasteiger charge is 2.27. The average Bonchev–Trinajstić information content (AvgIpc) is 3.25. The molecule has 0 unspecified atom stereocenters. The van der Waals surface area contributed by atoms with E-state index >= 15 is 0 Å². The number of fused-ring (bicyclic) bond motifs is 4. The second kappa shape index (κ2) is 9.50. The molecule has 0 aliphatic heterocycles. The smallest absolute Gasteiger partial charge is 0.265 e. The minimum atomic E-state index is -3.96. The molecule has 7 heteroatoms. The van der Waals surface area contributed by atoms with Gasteiger partial charge in [-0.2, -0.15) is 0 Å². The van der Waals surface area contributed by atoms with Gasteiger partial charge < -0.3 is 9.67 Å². The van der Waals surface area contributed by atoms with Crippen molar-refractivity contribution in [2.24, 2.45) is 0 Å². The number of hydrogen-bond acceptors (Lipinski definition) is 4. The number of phenols is 1. The molecule has 0 atom stereocenters. The largest absolute Gasteiger partial charge is 0.506 e. The Morgan fingerprint density at radius 1 is 0.789 bits per heavy atom. The van der Waals surface area contributed by atoms with Crippen LogP contribution in [0, 0.1) is 6.92 Å². The summed E-state index contributed by atoms with van der Waals surface area (Å²) in [6, 6.07) is 30.4. The first-order valence-electron chi connectivity index (χ1n) is 12.6. The van der Waals surface area contributed by atoms with Crippen LogP contribution in [0.1, 0.15) is 12.0 Å². The van der Waals surface area contributed by atoms with Crippen molar-refractivity contribution in [2.45, 2.75) is 24.8 Å². The molecule has 6 nitrogen and oxygen atoms in total. The molecule has 2 heterocycles. The lowest BCUT2D eigenvalue weighted by molar-refractivity contribution is 0.480. The van der Waals surface area contributed by atoms with Crippen LogP contribution in [0.3, 0.4) is 0 Å². The summed E-state index contributed by atoms with van der Waals surface area (Å²) in [5, 5.41) is 13.1. The van der Waals surface area contributed by atoms with E-state index in [1.54, 1.807) is 18.3 Å². The highest BCUT2D eigenvalue weighted by molar-refractivity contribution is 7.93. The maximum absolute atomic E-state index is 14.2. The van der Waals surface area contributed by atoms with Crippen LogP contribution in [-0.4, -0.2) is 29.6 Å². The molecule has 2 aromatic heterocycles. The number of pyridine rings is 1. The summed E-state index contributed by atoms with van der Waals surface area (Å²) in [5.41, 5.74) is 4.18. The van der Waals surface area contributed by atoms with Crippen LogP contribution in [0.4, 0.5) is 5.69 Å².